The summed E-state index contributed by atoms with van der Waals surface area (Å²) < 4.78 is 12.1. The van der Waals surface area contributed by atoms with Crippen LogP contribution in [0.2, 0.25) is 5.02 Å². The topological polar surface area (TPSA) is 90.3 Å². The number of methoxy groups -OCH3 is 2. The van der Waals surface area contributed by atoms with Gasteiger partial charge in [-0.05, 0) is 17.7 Å². The summed E-state index contributed by atoms with van der Waals surface area (Å²) >= 11 is 7.73. The average molecular weight is 460 g/mol. The third kappa shape index (κ3) is 4.48. The standard InChI is InChI=1S/C21H22ClN5O3S/c1-29-11-10-23-20(28)18-17(14-8-9-16(30-2)15(22)12-14)26-27-19(24-25-21(27)31-18)13-6-4-3-5-7-13/h3-9,12,17-18,26H,10-11H2,1-2H3,(H,23,28)/t17-,18-/m1/s1. The van der Waals surface area contributed by atoms with Crippen LogP contribution in [0.5, 0.6) is 5.75 Å². The monoisotopic (exact) mass is 459 g/mol. The van der Waals surface area contributed by atoms with Crippen LogP contribution in [0.15, 0.2) is 53.7 Å². The van der Waals surface area contributed by atoms with Crippen LogP contribution in [0.3, 0.4) is 0 Å². The molecule has 0 radical (unpaired) electrons. The van der Waals surface area contributed by atoms with Gasteiger partial charge in [0.15, 0.2) is 5.82 Å². The van der Waals surface area contributed by atoms with E-state index >= 15 is 0 Å². The number of ether oxygens (including phenoxy) is 2. The second-order valence-corrected chi connectivity index (χ2v) is 8.35. The molecule has 0 unspecified atom stereocenters. The molecule has 0 aliphatic carbocycles. The Morgan fingerprint density at radius 2 is 2.03 bits per heavy atom. The number of carbonyl (C=O) groups excluding carboxylic acids is 1. The fourth-order valence-corrected chi connectivity index (χ4v) is 4.70. The molecule has 1 aliphatic rings. The molecule has 0 saturated carbocycles. The van der Waals surface area contributed by atoms with Gasteiger partial charge in [-0.15, -0.1) is 10.2 Å². The minimum atomic E-state index is -0.485. The van der Waals surface area contributed by atoms with Crippen molar-refractivity contribution < 1.29 is 14.3 Å². The van der Waals surface area contributed by atoms with Gasteiger partial charge in [-0.3, -0.25) is 4.79 Å². The molecule has 1 amide bonds. The molecule has 31 heavy (non-hydrogen) atoms. The van der Waals surface area contributed by atoms with Crippen molar-refractivity contribution >= 4 is 29.3 Å². The number of benzene rings is 2. The van der Waals surface area contributed by atoms with Crippen LogP contribution in [0.4, 0.5) is 0 Å². The predicted molar refractivity (Wildman–Crippen MR) is 120 cm³/mol. The molecule has 1 aliphatic heterocycles. The number of hydrogen-bond donors (Lipinski definition) is 2. The fourth-order valence-electron chi connectivity index (χ4n) is 3.33. The first-order chi connectivity index (χ1) is 15.1. The molecule has 2 heterocycles. The van der Waals surface area contributed by atoms with Crippen LogP contribution < -0.4 is 15.5 Å². The zero-order valence-corrected chi connectivity index (χ0v) is 18.6. The summed E-state index contributed by atoms with van der Waals surface area (Å²) in [6.07, 6.45) is 0. The van der Waals surface area contributed by atoms with Crippen molar-refractivity contribution in [1.29, 1.82) is 0 Å². The number of thioether (sulfide) groups is 1. The lowest BCUT2D eigenvalue weighted by Gasteiger charge is -2.33. The van der Waals surface area contributed by atoms with E-state index in [-0.39, 0.29) is 11.9 Å². The first-order valence-electron chi connectivity index (χ1n) is 9.66. The number of hydrogen-bond acceptors (Lipinski definition) is 7. The lowest BCUT2D eigenvalue weighted by atomic mass is 10.0. The van der Waals surface area contributed by atoms with Crippen LogP contribution >= 0.6 is 23.4 Å². The van der Waals surface area contributed by atoms with E-state index in [1.165, 1.54) is 11.8 Å². The van der Waals surface area contributed by atoms with Crippen LogP contribution in [-0.4, -0.2) is 53.4 Å². The minimum absolute atomic E-state index is 0.123. The summed E-state index contributed by atoms with van der Waals surface area (Å²) in [7, 11) is 3.16. The maximum atomic E-state index is 13.0. The smallest absolute Gasteiger partial charge is 0.236 e. The molecule has 0 saturated heterocycles. The van der Waals surface area contributed by atoms with Gasteiger partial charge < -0.3 is 20.2 Å². The highest BCUT2D eigenvalue weighted by atomic mass is 35.5. The molecule has 0 bridgehead atoms. The highest BCUT2D eigenvalue weighted by Crippen LogP contribution is 2.40. The molecular formula is C21H22ClN5O3S. The quantitative estimate of drug-likeness (QED) is 0.524. The zero-order chi connectivity index (χ0) is 21.8. The zero-order valence-electron chi connectivity index (χ0n) is 17.0. The van der Waals surface area contributed by atoms with Crippen LogP contribution in [-0.2, 0) is 9.53 Å². The minimum Gasteiger partial charge on any atom is -0.495 e. The molecule has 2 atom stereocenters. The van der Waals surface area contributed by atoms with Crippen molar-refractivity contribution in [2.75, 3.05) is 32.8 Å². The molecule has 0 fully saturated rings. The van der Waals surface area contributed by atoms with E-state index < -0.39 is 5.25 Å². The highest BCUT2D eigenvalue weighted by Gasteiger charge is 2.38. The maximum absolute atomic E-state index is 13.0. The van der Waals surface area contributed by atoms with Crippen molar-refractivity contribution in [2.45, 2.75) is 16.4 Å². The van der Waals surface area contributed by atoms with Crippen molar-refractivity contribution in [3.05, 3.63) is 59.1 Å². The fraction of sp³-hybridized carbons (Fsp3) is 0.286. The summed E-state index contributed by atoms with van der Waals surface area (Å²) in [5, 5.41) is 12.2. The lowest BCUT2D eigenvalue weighted by Crippen LogP contribution is -2.44. The number of amides is 1. The summed E-state index contributed by atoms with van der Waals surface area (Å²) in [5.74, 6) is 1.12. The van der Waals surface area contributed by atoms with E-state index in [1.807, 2.05) is 47.1 Å². The molecule has 10 heteroatoms. The molecule has 4 rings (SSSR count). The number of halogens is 1. The second kappa shape index (κ2) is 9.59. The van der Waals surface area contributed by atoms with E-state index in [0.29, 0.717) is 34.9 Å². The molecule has 2 aromatic carbocycles. The Hall–Kier alpha value is -2.75. The molecule has 2 N–H and O–H groups in total. The summed E-state index contributed by atoms with van der Waals surface area (Å²) in [5.41, 5.74) is 5.20. The first-order valence-corrected chi connectivity index (χ1v) is 10.9. The van der Waals surface area contributed by atoms with Crippen LogP contribution in [0, 0.1) is 0 Å². The second-order valence-electron chi connectivity index (χ2n) is 6.83. The number of rotatable bonds is 7. The number of nitrogens with zero attached hydrogens (tertiary/aromatic N) is 3. The van der Waals surface area contributed by atoms with Gasteiger partial charge >= 0.3 is 0 Å². The van der Waals surface area contributed by atoms with E-state index in [0.717, 1.165) is 11.1 Å². The number of carbonyl (C=O) groups is 1. The predicted octanol–water partition coefficient (Wildman–Crippen LogP) is 3.13. The van der Waals surface area contributed by atoms with Crippen molar-refractivity contribution in [1.82, 2.24) is 20.2 Å². The van der Waals surface area contributed by atoms with Gasteiger partial charge in [0, 0.05) is 19.2 Å². The summed E-state index contributed by atoms with van der Waals surface area (Å²) in [6, 6.07) is 14.9. The van der Waals surface area contributed by atoms with Gasteiger partial charge in [-0.2, -0.15) is 0 Å². The third-order valence-electron chi connectivity index (χ3n) is 4.87. The molecule has 0 spiro atoms. The molecule has 3 aromatic rings. The van der Waals surface area contributed by atoms with Gasteiger partial charge in [0.2, 0.25) is 11.1 Å². The van der Waals surface area contributed by atoms with E-state index in [2.05, 4.69) is 20.9 Å². The molecule has 162 valence electrons. The van der Waals surface area contributed by atoms with Gasteiger partial charge in [0.25, 0.3) is 0 Å². The Morgan fingerprint density at radius 1 is 1.23 bits per heavy atom. The number of aromatic nitrogens is 3. The Labute approximate surface area is 189 Å². The van der Waals surface area contributed by atoms with Crippen molar-refractivity contribution in [2.24, 2.45) is 0 Å². The molecule has 1 aromatic heterocycles. The number of fused-ring (bicyclic) bond motifs is 1. The Kier molecular flexibility index (Phi) is 6.64. The normalized spacial score (nSPS) is 17.5. The third-order valence-corrected chi connectivity index (χ3v) is 6.38. The number of nitrogens with one attached hydrogen (secondary N) is 2. The van der Waals surface area contributed by atoms with E-state index in [4.69, 9.17) is 21.1 Å². The Balaban J connectivity index is 1.70. The SMILES string of the molecule is COCCNC(=O)[C@@H]1Sc2nnc(-c3ccccc3)n2N[C@@H]1c1ccc(OC)c(Cl)c1. The van der Waals surface area contributed by atoms with Gasteiger partial charge in [-0.25, -0.2) is 4.68 Å². The van der Waals surface area contributed by atoms with Crippen LogP contribution in [0.25, 0.3) is 11.4 Å². The largest absolute Gasteiger partial charge is 0.495 e. The van der Waals surface area contributed by atoms with Crippen molar-refractivity contribution in [3.8, 4) is 17.1 Å². The van der Waals surface area contributed by atoms with Gasteiger partial charge in [-0.1, -0.05) is 59.8 Å². The van der Waals surface area contributed by atoms with E-state index in [1.54, 1.807) is 20.3 Å². The maximum Gasteiger partial charge on any atom is 0.236 e. The van der Waals surface area contributed by atoms with Gasteiger partial charge in [0.05, 0.1) is 24.8 Å². The Bertz CT molecular complexity index is 1060. The highest BCUT2D eigenvalue weighted by molar-refractivity contribution is 8.00. The average Bonchev–Trinajstić information content (AvgIpc) is 3.22. The Morgan fingerprint density at radius 3 is 2.74 bits per heavy atom. The lowest BCUT2D eigenvalue weighted by molar-refractivity contribution is -0.121. The van der Waals surface area contributed by atoms with Gasteiger partial charge in [0.1, 0.15) is 11.0 Å². The molecule has 8 nitrogen and oxygen atoms in total. The summed E-state index contributed by atoms with van der Waals surface area (Å²) in [6.45, 7) is 0.856. The summed E-state index contributed by atoms with van der Waals surface area (Å²) in [4.78, 5) is 13.0. The van der Waals surface area contributed by atoms with E-state index in [9.17, 15) is 4.79 Å². The molecular weight excluding hydrogens is 438 g/mol. The van der Waals surface area contributed by atoms with Crippen molar-refractivity contribution in [3.63, 3.8) is 0 Å². The first kappa shape index (κ1) is 21.5. The van der Waals surface area contributed by atoms with Crippen LogP contribution in [0.1, 0.15) is 11.6 Å².